The second-order valence-electron chi connectivity index (χ2n) is 29.4. The SMILES string of the molecule is CCCCCCCCCCCCCCCCCCCC(=O)OC[C@H](COP(=O)(O)OC[C@@H](O)COP(=O)(O)OC[C@@H](COC(=O)CCCCCCCCCCC)OC(=O)CCCCCCCCCCCCCCC(C)C)OC(=O)CCCCCCCCCCCCCCCCC(C)C. The number of aliphatic hydroxyl groups excluding tert-OH is 1. The summed E-state index contributed by atoms with van der Waals surface area (Å²) in [6.07, 6.45) is 59.6. The summed E-state index contributed by atoms with van der Waals surface area (Å²) in [7, 11) is -9.91. The number of phosphoric ester groups is 2. The Bertz CT molecular complexity index is 1890. The average molecular weight is 1440 g/mol. The van der Waals surface area contributed by atoms with Crippen LogP contribution in [0.15, 0.2) is 0 Å². The van der Waals surface area contributed by atoms with Crippen LogP contribution < -0.4 is 0 Å². The number of carbonyl (C=O) groups is 4. The molecule has 0 fully saturated rings. The third-order valence-corrected chi connectivity index (χ3v) is 20.4. The fraction of sp³-hybridized carbons (Fsp3) is 0.949. The van der Waals surface area contributed by atoms with Gasteiger partial charge in [0.2, 0.25) is 0 Å². The van der Waals surface area contributed by atoms with Crippen LogP contribution in [0, 0.1) is 11.8 Å². The quantitative estimate of drug-likeness (QED) is 0.0222. The molecule has 0 aliphatic carbocycles. The van der Waals surface area contributed by atoms with E-state index < -0.39 is 97.5 Å². The number of esters is 4. The van der Waals surface area contributed by atoms with E-state index >= 15 is 0 Å². The summed E-state index contributed by atoms with van der Waals surface area (Å²) in [5, 5.41) is 10.6. The van der Waals surface area contributed by atoms with E-state index in [0.717, 1.165) is 102 Å². The number of ether oxygens (including phenoxy) is 4. The Balaban J connectivity index is 5.23. The molecule has 0 aromatic rings. The van der Waals surface area contributed by atoms with Crippen LogP contribution in [0.25, 0.3) is 0 Å². The molecule has 98 heavy (non-hydrogen) atoms. The van der Waals surface area contributed by atoms with Gasteiger partial charge in [-0.25, -0.2) is 9.13 Å². The van der Waals surface area contributed by atoms with Crippen molar-refractivity contribution < 1.29 is 80.2 Å². The van der Waals surface area contributed by atoms with E-state index in [2.05, 4.69) is 41.5 Å². The molecule has 0 aromatic carbocycles. The first-order valence-electron chi connectivity index (χ1n) is 41.0. The van der Waals surface area contributed by atoms with Gasteiger partial charge in [0.05, 0.1) is 26.4 Å². The van der Waals surface area contributed by atoms with E-state index in [1.165, 1.54) is 231 Å². The number of carbonyl (C=O) groups excluding carboxylic acids is 4. The standard InChI is InChI=1S/C79H154O17P2/c1-7-9-11-13-15-17-18-19-20-21-22-26-32-38-44-50-56-62-77(82)90-68-75(96-78(83)63-57-51-45-39-33-27-24-23-25-30-36-41-47-53-59-71(3)4)70-94-98(87,88)92-66-73(80)65-91-97(85,86)93-69-74(67-89-76(81)61-55-49-43-35-16-14-12-10-8-2)95-79(84)64-58-52-46-40-34-29-28-31-37-42-48-54-60-72(5)6/h71-75,80H,7-70H2,1-6H3,(H,85,86)(H,87,88)/t73-,74+,75+/m0/s1. The summed E-state index contributed by atoms with van der Waals surface area (Å²) in [4.78, 5) is 72.9. The molecule has 0 heterocycles. The highest BCUT2D eigenvalue weighted by Crippen LogP contribution is 2.45. The highest BCUT2D eigenvalue weighted by molar-refractivity contribution is 7.47. The van der Waals surface area contributed by atoms with Crippen LogP contribution in [0.2, 0.25) is 0 Å². The van der Waals surface area contributed by atoms with Gasteiger partial charge in [0.25, 0.3) is 0 Å². The lowest BCUT2D eigenvalue weighted by atomic mass is 10.0. The first-order valence-corrected chi connectivity index (χ1v) is 44.0. The maximum Gasteiger partial charge on any atom is 0.472 e. The van der Waals surface area contributed by atoms with Crippen molar-refractivity contribution in [3.63, 3.8) is 0 Å². The topological polar surface area (TPSA) is 237 Å². The number of hydrogen-bond acceptors (Lipinski definition) is 15. The van der Waals surface area contributed by atoms with Gasteiger partial charge in [-0.2, -0.15) is 0 Å². The zero-order valence-corrected chi connectivity index (χ0v) is 65.9. The zero-order valence-electron chi connectivity index (χ0n) is 64.1. The monoisotopic (exact) mass is 1440 g/mol. The maximum atomic E-state index is 13.1. The van der Waals surface area contributed by atoms with E-state index in [9.17, 15) is 43.2 Å². The molecule has 5 atom stereocenters. The van der Waals surface area contributed by atoms with Crippen molar-refractivity contribution in [2.45, 2.75) is 432 Å². The predicted molar refractivity (Wildman–Crippen MR) is 400 cm³/mol. The van der Waals surface area contributed by atoms with Crippen molar-refractivity contribution in [2.75, 3.05) is 39.6 Å². The van der Waals surface area contributed by atoms with Crippen molar-refractivity contribution in [3.8, 4) is 0 Å². The molecular weight excluding hydrogens is 1280 g/mol. The van der Waals surface area contributed by atoms with Gasteiger partial charge >= 0.3 is 39.5 Å². The second kappa shape index (κ2) is 70.7. The maximum absolute atomic E-state index is 13.1. The van der Waals surface area contributed by atoms with E-state index in [1.54, 1.807) is 0 Å². The Morgan fingerprint density at radius 2 is 0.469 bits per heavy atom. The predicted octanol–water partition coefficient (Wildman–Crippen LogP) is 23.5. The summed E-state index contributed by atoms with van der Waals surface area (Å²) in [5.41, 5.74) is 0. The van der Waals surface area contributed by atoms with Crippen molar-refractivity contribution >= 4 is 39.5 Å². The fourth-order valence-corrected chi connectivity index (χ4v) is 13.8. The summed E-state index contributed by atoms with van der Waals surface area (Å²) in [6, 6.07) is 0. The van der Waals surface area contributed by atoms with Crippen LogP contribution in [0.1, 0.15) is 414 Å². The molecule has 0 bridgehead atoms. The summed E-state index contributed by atoms with van der Waals surface area (Å²) < 4.78 is 68.6. The van der Waals surface area contributed by atoms with Crippen molar-refractivity contribution in [3.05, 3.63) is 0 Å². The number of hydrogen-bond donors (Lipinski definition) is 3. The normalized spacial score (nSPS) is 13.9. The highest BCUT2D eigenvalue weighted by Gasteiger charge is 2.30. The average Bonchev–Trinajstić information content (AvgIpc) is 1.01. The molecule has 0 saturated heterocycles. The minimum atomic E-state index is -4.96. The molecule has 0 rings (SSSR count). The van der Waals surface area contributed by atoms with Crippen molar-refractivity contribution in [1.29, 1.82) is 0 Å². The van der Waals surface area contributed by atoms with Crippen LogP contribution in [-0.2, 0) is 65.4 Å². The number of aliphatic hydroxyl groups is 1. The Kier molecular flexibility index (Phi) is 69.3. The molecule has 0 aromatic heterocycles. The summed E-state index contributed by atoms with van der Waals surface area (Å²) >= 11 is 0. The van der Waals surface area contributed by atoms with E-state index in [-0.39, 0.29) is 25.7 Å². The van der Waals surface area contributed by atoms with Crippen LogP contribution in [0.5, 0.6) is 0 Å². The second-order valence-corrected chi connectivity index (χ2v) is 32.3. The minimum Gasteiger partial charge on any atom is -0.462 e. The van der Waals surface area contributed by atoms with E-state index in [4.69, 9.17) is 37.0 Å². The molecule has 0 aliphatic heterocycles. The van der Waals surface area contributed by atoms with Gasteiger partial charge in [0.15, 0.2) is 12.2 Å². The third-order valence-electron chi connectivity index (χ3n) is 18.5. The van der Waals surface area contributed by atoms with E-state index in [0.29, 0.717) is 25.7 Å². The Morgan fingerprint density at radius 1 is 0.276 bits per heavy atom. The summed E-state index contributed by atoms with van der Waals surface area (Å²) in [5.74, 6) is -0.539. The van der Waals surface area contributed by atoms with E-state index in [1.807, 2.05) is 0 Å². The van der Waals surface area contributed by atoms with Gasteiger partial charge in [0, 0.05) is 25.7 Å². The lowest BCUT2D eigenvalue weighted by Gasteiger charge is -2.21. The Labute approximate surface area is 600 Å². The van der Waals surface area contributed by atoms with Crippen LogP contribution in [0.3, 0.4) is 0 Å². The van der Waals surface area contributed by atoms with Crippen molar-refractivity contribution in [2.24, 2.45) is 11.8 Å². The molecule has 3 N–H and O–H groups in total. The molecule has 19 heteroatoms. The molecule has 0 radical (unpaired) electrons. The summed E-state index contributed by atoms with van der Waals surface area (Å²) in [6.45, 7) is 9.64. The van der Waals surface area contributed by atoms with Gasteiger partial charge in [-0.05, 0) is 37.5 Å². The Hall–Kier alpha value is -1.94. The van der Waals surface area contributed by atoms with Gasteiger partial charge in [-0.1, -0.05) is 363 Å². The smallest absolute Gasteiger partial charge is 0.462 e. The zero-order chi connectivity index (χ0) is 72.1. The molecule has 0 amide bonds. The van der Waals surface area contributed by atoms with Gasteiger partial charge in [-0.15, -0.1) is 0 Å². The first-order chi connectivity index (χ1) is 47.4. The minimum absolute atomic E-state index is 0.107. The third kappa shape index (κ3) is 72.4. The number of unbranched alkanes of at least 4 members (excludes halogenated alkanes) is 48. The van der Waals surface area contributed by atoms with Crippen LogP contribution in [-0.4, -0.2) is 96.7 Å². The molecule has 2 unspecified atom stereocenters. The molecular formula is C79H154O17P2. The molecule has 582 valence electrons. The lowest BCUT2D eigenvalue weighted by molar-refractivity contribution is -0.161. The van der Waals surface area contributed by atoms with Crippen molar-refractivity contribution in [1.82, 2.24) is 0 Å². The number of phosphoric acid groups is 2. The largest absolute Gasteiger partial charge is 0.472 e. The molecule has 0 saturated carbocycles. The van der Waals surface area contributed by atoms with Crippen LogP contribution >= 0.6 is 15.6 Å². The van der Waals surface area contributed by atoms with Gasteiger partial charge < -0.3 is 33.8 Å². The lowest BCUT2D eigenvalue weighted by Crippen LogP contribution is -2.30. The van der Waals surface area contributed by atoms with Gasteiger partial charge in [0.1, 0.15) is 19.3 Å². The highest BCUT2D eigenvalue weighted by atomic mass is 31.2. The number of rotatable bonds is 78. The Morgan fingerprint density at radius 3 is 0.694 bits per heavy atom. The van der Waals surface area contributed by atoms with Gasteiger partial charge in [-0.3, -0.25) is 37.3 Å². The molecule has 17 nitrogen and oxygen atoms in total. The molecule has 0 spiro atoms. The first kappa shape index (κ1) is 96.1. The fourth-order valence-electron chi connectivity index (χ4n) is 12.2. The van der Waals surface area contributed by atoms with Crippen LogP contribution in [0.4, 0.5) is 0 Å². The molecule has 0 aliphatic rings.